The Morgan fingerprint density at radius 2 is 0.981 bits per heavy atom. The van der Waals surface area contributed by atoms with Gasteiger partial charge in [-0.1, -0.05) is 134 Å². The number of nitrogens with zero attached hydrogens (tertiary/aromatic N) is 1. The summed E-state index contributed by atoms with van der Waals surface area (Å²) >= 11 is 0. The van der Waals surface area contributed by atoms with E-state index in [4.69, 9.17) is 14.2 Å². The Kier molecular flexibility index (Phi) is 34.3. The third kappa shape index (κ3) is 33.6. The Morgan fingerprint density at radius 1 is 0.558 bits per heavy atom. The molecule has 52 heavy (non-hydrogen) atoms. The molecule has 0 saturated carbocycles. The van der Waals surface area contributed by atoms with Crippen molar-refractivity contribution in [3.05, 3.63) is 24.3 Å². The summed E-state index contributed by atoms with van der Waals surface area (Å²) in [5.41, 5.74) is 0. The highest BCUT2D eigenvalue weighted by Crippen LogP contribution is 2.14. The largest absolute Gasteiger partial charge is 0.544 e. The summed E-state index contributed by atoms with van der Waals surface area (Å²) in [4.78, 5) is 36.7. The minimum atomic E-state index is -1.13. The molecule has 2 atom stereocenters. The molecule has 0 fully saturated rings. The first kappa shape index (κ1) is 49.8. The lowest BCUT2D eigenvalue weighted by atomic mass is 10.1. The lowest BCUT2D eigenvalue weighted by Gasteiger charge is -2.34. The molecule has 0 radical (unpaired) electrons. The van der Waals surface area contributed by atoms with Crippen LogP contribution >= 0.6 is 0 Å². The zero-order chi connectivity index (χ0) is 38.5. The predicted molar refractivity (Wildman–Crippen MR) is 213 cm³/mol. The second-order valence-corrected chi connectivity index (χ2v) is 15.6. The lowest BCUT2D eigenvalue weighted by molar-refractivity contribution is -0.889. The van der Waals surface area contributed by atoms with Crippen molar-refractivity contribution < 1.29 is 38.2 Å². The molecule has 0 aromatic heterocycles. The van der Waals surface area contributed by atoms with Crippen LogP contribution in [-0.2, 0) is 28.6 Å². The average Bonchev–Trinajstić information content (AvgIpc) is 3.09. The fraction of sp³-hybridized carbons (Fsp3) is 0.841. The van der Waals surface area contributed by atoms with Gasteiger partial charge in [0.25, 0.3) is 0 Å². The molecule has 0 rings (SSSR count). The molecule has 0 N–H and O–H groups in total. The van der Waals surface area contributed by atoms with Gasteiger partial charge in [0.1, 0.15) is 12.6 Å². The molecule has 0 bridgehead atoms. The van der Waals surface area contributed by atoms with Crippen molar-refractivity contribution in [1.82, 2.24) is 0 Å². The zero-order valence-electron chi connectivity index (χ0n) is 34.5. The fourth-order valence-corrected chi connectivity index (χ4v) is 6.16. The monoisotopic (exact) mass is 736 g/mol. The molecule has 0 aromatic rings. The third-order valence-electron chi connectivity index (χ3n) is 9.56. The molecule has 0 aliphatic heterocycles. The van der Waals surface area contributed by atoms with E-state index in [0.717, 1.165) is 70.6 Å². The normalized spacial score (nSPS) is 13.2. The summed E-state index contributed by atoms with van der Waals surface area (Å²) in [5.74, 6) is -1.76. The molecule has 0 aliphatic rings. The predicted octanol–water partition coefficient (Wildman–Crippen LogP) is 9.97. The van der Waals surface area contributed by atoms with E-state index in [2.05, 4.69) is 38.2 Å². The number of carbonyl (C=O) groups is 3. The number of carboxylic acid groups (broad SMARTS) is 1. The standard InChI is InChI=1S/C44H81NO7/c1-6-8-10-12-14-16-18-19-20-21-22-23-24-25-27-29-31-33-35-43(47)52-40(38-50-37-36-41(44(48)49)45(3,4)5)39-51-42(46)34-32-30-28-26-17-15-13-11-9-7-2/h13,15,22-23,40-41H,6-12,14,16-21,24-39H2,1-5H3/b15-13+,23-22+. The van der Waals surface area contributed by atoms with Gasteiger partial charge in [-0.25, -0.2) is 0 Å². The summed E-state index contributed by atoms with van der Waals surface area (Å²) in [5, 5.41) is 11.6. The van der Waals surface area contributed by atoms with Gasteiger partial charge in [0, 0.05) is 19.3 Å². The number of esters is 2. The second-order valence-electron chi connectivity index (χ2n) is 15.6. The SMILES string of the molecule is CCCC/C=C/CCCCCCC(=O)OCC(COCCC(C(=O)[O-])[N+](C)(C)C)OC(=O)CCCCCCC/C=C/CCCCCCCCCCC. The lowest BCUT2D eigenvalue weighted by Crippen LogP contribution is -2.55. The van der Waals surface area contributed by atoms with Crippen LogP contribution in [0.4, 0.5) is 0 Å². The molecule has 8 nitrogen and oxygen atoms in total. The smallest absolute Gasteiger partial charge is 0.306 e. The molecular weight excluding hydrogens is 654 g/mol. The summed E-state index contributed by atoms with van der Waals surface area (Å²) in [7, 11) is 5.40. The van der Waals surface area contributed by atoms with Gasteiger partial charge in [-0.3, -0.25) is 9.59 Å². The molecule has 304 valence electrons. The van der Waals surface area contributed by atoms with Crippen molar-refractivity contribution in [1.29, 1.82) is 0 Å². The van der Waals surface area contributed by atoms with Gasteiger partial charge in [0.2, 0.25) is 0 Å². The van der Waals surface area contributed by atoms with Gasteiger partial charge < -0.3 is 28.6 Å². The van der Waals surface area contributed by atoms with E-state index in [1.165, 1.54) is 83.5 Å². The van der Waals surface area contributed by atoms with E-state index < -0.39 is 18.1 Å². The van der Waals surface area contributed by atoms with Crippen LogP contribution in [0.15, 0.2) is 24.3 Å². The number of hydrogen-bond donors (Lipinski definition) is 0. The highest BCUT2D eigenvalue weighted by Gasteiger charge is 2.25. The molecule has 0 aromatic carbocycles. The summed E-state index contributed by atoms with van der Waals surface area (Å²) in [6, 6.07) is -0.725. The summed E-state index contributed by atoms with van der Waals surface area (Å²) in [6.07, 6.45) is 37.8. The van der Waals surface area contributed by atoms with Crippen molar-refractivity contribution in [2.45, 2.75) is 199 Å². The van der Waals surface area contributed by atoms with Gasteiger partial charge in [0.05, 0.1) is 40.3 Å². The number of quaternary nitrogens is 1. The van der Waals surface area contributed by atoms with Crippen LogP contribution in [0.3, 0.4) is 0 Å². The van der Waals surface area contributed by atoms with Crippen molar-refractivity contribution in [2.75, 3.05) is 41.0 Å². The zero-order valence-corrected chi connectivity index (χ0v) is 34.5. The van der Waals surface area contributed by atoms with Crippen LogP contribution in [-0.4, -0.2) is 75.5 Å². The van der Waals surface area contributed by atoms with Gasteiger partial charge in [-0.15, -0.1) is 0 Å². The number of hydrogen-bond acceptors (Lipinski definition) is 7. The topological polar surface area (TPSA) is 102 Å². The number of carboxylic acids is 1. The van der Waals surface area contributed by atoms with E-state index in [1.54, 1.807) is 21.1 Å². The first-order valence-electron chi connectivity index (χ1n) is 21.4. The minimum absolute atomic E-state index is 0.0361. The van der Waals surface area contributed by atoms with Crippen LogP contribution in [0.2, 0.25) is 0 Å². The number of aliphatic carboxylic acids is 1. The molecule has 2 unspecified atom stereocenters. The third-order valence-corrected chi connectivity index (χ3v) is 9.56. The average molecular weight is 736 g/mol. The van der Waals surface area contributed by atoms with Crippen LogP contribution in [0.25, 0.3) is 0 Å². The highest BCUT2D eigenvalue weighted by atomic mass is 16.6. The maximum atomic E-state index is 12.7. The molecule has 0 spiro atoms. The number of likely N-dealkylation sites (N-methyl/N-ethyl adjacent to an activating group) is 1. The Hall–Kier alpha value is -2.19. The van der Waals surface area contributed by atoms with Gasteiger partial charge in [-0.05, 0) is 57.8 Å². The second kappa shape index (κ2) is 35.8. The minimum Gasteiger partial charge on any atom is -0.544 e. The number of carbonyl (C=O) groups excluding carboxylic acids is 3. The van der Waals surface area contributed by atoms with Crippen LogP contribution < -0.4 is 5.11 Å². The Bertz CT molecular complexity index is 911. The number of unbranched alkanes of at least 4 members (excludes halogenated alkanes) is 20. The Balaban J connectivity index is 4.33. The molecular formula is C44H81NO7. The number of ether oxygens (including phenoxy) is 3. The molecule has 0 amide bonds. The van der Waals surface area contributed by atoms with Crippen molar-refractivity contribution in [3.8, 4) is 0 Å². The number of rotatable bonds is 38. The van der Waals surface area contributed by atoms with E-state index in [1.807, 2.05) is 0 Å². The molecule has 0 heterocycles. The summed E-state index contributed by atoms with van der Waals surface area (Å²) < 4.78 is 17.1. The molecule has 0 saturated heterocycles. The maximum absolute atomic E-state index is 12.7. The van der Waals surface area contributed by atoms with E-state index >= 15 is 0 Å². The molecule has 8 heteroatoms. The van der Waals surface area contributed by atoms with Crippen LogP contribution in [0.5, 0.6) is 0 Å². The van der Waals surface area contributed by atoms with Crippen molar-refractivity contribution in [2.24, 2.45) is 0 Å². The quantitative estimate of drug-likeness (QED) is 0.0269. The maximum Gasteiger partial charge on any atom is 0.306 e. The van der Waals surface area contributed by atoms with E-state index in [-0.39, 0.29) is 42.7 Å². The van der Waals surface area contributed by atoms with Gasteiger partial charge in [-0.2, -0.15) is 0 Å². The van der Waals surface area contributed by atoms with Crippen LogP contribution in [0, 0.1) is 0 Å². The van der Waals surface area contributed by atoms with Crippen molar-refractivity contribution in [3.63, 3.8) is 0 Å². The van der Waals surface area contributed by atoms with Gasteiger partial charge in [0.15, 0.2) is 6.10 Å². The highest BCUT2D eigenvalue weighted by molar-refractivity contribution is 5.70. The Morgan fingerprint density at radius 3 is 1.44 bits per heavy atom. The Labute approximate surface area is 320 Å². The van der Waals surface area contributed by atoms with E-state index in [0.29, 0.717) is 12.8 Å². The summed E-state index contributed by atoms with van der Waals surface area (Å²) in [6.45, 7) is 4.60. The first-order chi connectivity index (χ1) is 25.1. The van der Waals surface area contributed by atoms with Crippen LogP contribution in [0.1, 0.15) is 187 Å². The van der Waals surface area contributed by atoms with Crippen molar-refractivity contribution >= 4 is 17.9 Å². The number of allylic oxidation sites excluding steroid dienone is 4. The van der Waals surface area contributed by atoms with E-state index in [9.17, 15) is 19.5 Å². The first-order valence-corrected chi connectivity index (χ1v) is 21.4. The van der Waals surface area contributed by atoms with Gasteiger partial charge >= 0.3 is 11.9 Å². The fourth-order valence-electron chi connectivity index (χ4n) is 6.16. The molecule has 0 aliphatic carbocycles.